The highest BCUT2D eigenvalue weighted by atomic mass is 16.5. The number of rotatable bonds is 63. The Labute approximate surface area is 462 Å². The Hall–Kier alpha value is -1.66. The zero-order valence-corrected chi connectivity index (χ0v) is 50.1. The summed E-state index contributed by atoms with van der Waals surface area (Å²) in [5.74, 6) is -0.0521. The van der Waals surface area contributed by atoms with Crippen LogP contribution < -0.4 is 5.32 Å². The molecule has 0 bridgehead atoms. The Morgan fingerprint density at radius 2 is 0.635 bits per heavy atom. The van der Waals surface area contributed by atoms with Crippen LogP contribution in [0.3, 0.4) is 0 Å². The van der Waals surface area contributed by atoms with Gasteiger partial charge in [-0.1, -0.05) is 327 Å². The smallest absolute Gasteiger partial charge is 0.305 e. The van der Waals surface area contributed by atoms with Crippen molar-refractivity contribution in [1.82, 2.24) is 5.32 Å². The molecule has 0 saturated carbocycles. The number of carbonyl (C=O) groups is 2. The van der Waals surface area contributed by atoms with Gasteiger partial charge in [0, 0.05) is 12.8 Å². The average Bonchev–Trinajstić information content (AvgIpc) is 3.40. The maximum atomic E-state index is 12.5. The normalized spacial score (nSPS) is 12.6. The van der Waals surface area contributed by atoms with Gasteiger partial charge in [0.1, 0.15) is 0 Å². The molecule has 0 radical (unpaired) electrons. The molecule has 0 aromatic heterocycles. The van der Waals surface area contributed by atoms with Crippen LogP contribution in [0.15, 0.2) is 24.3 Å². The topological polar surface area (TPSA) is 95.9 Å². The summed E-state index contributed by atoms with van der Waals surface area (Å²) in [5, 5.41) is 23.1. The number of nitrogens with one attached hydrogen (secondary N) is 1. The Morgan fingerprint density at radius 1 is 0.365 bits per heavy atom. The van der Waals surface area contributed by atoms with Crippen LogP contribution in [-0.4, -0.2) is 47.4 Å². The second-order valence-corrected chi connectivity index (χ2v) is 23.2. The molecule has 0 aliphatic heterocycles. The van der Waals surface area contributed by atoms with Crippen LogP contribution in [0, 0.1) is 0 Å². The summed E-state index contributed by atoms with van der Waals surface area (Å²) >= 11 is 0. The SMILES string of the molecule is CCCCCCCC/C=C\CCCCCCCC(=O)OCCCCCCCCCCCCCCCCCCCCCCCCCCCCCCC(=O)NC(CO)C(O)/C=C/CCCCCCCCCCCCCC. The first kappa shape index (κ1) is 72.3. The van der Waals surface area contributed by atoms with E-state index in [4.69, 9.17) is 4.74 Å². The summed E-state index contributed by atoms with van der Waals surface area (Å²) in [6.07, 6.45) is 79.6. The molecule has 2 unspecified atom stereocenters. The monoisotopic (exact) mass is 1040 g/mol. The number of allylic oxidation sites excluding steroid dienone is 3. The predicted molar refractivity (Wildman–Crippen MR) is 324 cm³/mol. The summed E-state index contributed by atoms with van der Waals surface area (Å²) in [6.45, 7) is 4.92. The predicted octanol–water partition coefficient (Wildman–Crippen LogP) is 21.4. The van der Waals surface area contributed by atoms with Crippen LogP contribution in [0.2, 0.25) is 0 Å². The fourth-order valence-electron chi connectivity index (χ4n) is 10.6. The van der Waals surface area contributed by atoms with Gasteiger partial charge in [-0.05, 0) is 57.8 Å². The first-order valence-corrected chi connectivity index (χ1v) is 33.6. The summed E-state index contributed by atoms with van der Waals surface area (Å²) in [7, 11) is 0. The zero-order valence-electron chi connectivity index (χ0n) is 50.1. The first-order valence-electron chi connectivity index (χ1n) is 33.6. The van der Waals surface area contributed by atoms with Gasteiger partial charge in [-0.15, -0.1) is 0 Å². The van der Waals surface area contributed by atoms with E-state index in [0.717, 1.165) is 44.9 Å². The maximum Gasteiger partial charge on any atom is 0.305 e. The third kappa shape index (κ3) is 59.6. The van der Waals surface area contributed by atoms with Gasteiger partial charge in [0.25, 0.3) is 0 Å². The fourth-order valence-corrected chi connectivity index (χ4v) is 10.6. The van der Waals surface area contributed by atoms with E-state index in [-0.39, 0.29) is 18.5 Å². The molecular formula is C68H131NO5. The van der Waals surface area contributed by atoms with Crippen molar-refractivity contribution in [2.75, 3.05) is 13.2 Å². The number of unbranched alkanes of at least 4 members (excludes halogenated alkanes) is 50. The molecule has 0 aliphatic carbocycles. The van der Waals surface area contributed by atoms with Gasteiger partial charge in [-0.3, -0.25) is 9.59 Å². The lowest BCUT2D eigenvalue weighted by Gasteiger charge is -2.20. The van der Waals surface area contributed by atoms with E-state index < -0.39 is 12.1 Å². The zero-order chi connectivity index (χ0) is 53.6. The molecular weight excluding hydrogens is 911 g/mol. The van der Waals surface area contributed by atoms with E-state index >= 15 is 0 Å². The summed E-state index contributed by atoms with van der Waals surface area (Å²) < 4.78 is 5.49. The van der Waals surface area contributed by atoms with Gasteiger partial charge in [0.05, 0.1) is 25.4 Å². The Morgan fingerprint density at radius 3 is 0.959 bits per heavy atom. The molecule has 74 heavy (non-hydrogen) atoms. The minimum Gasteiger partial charge on any atom is -0.466 e. The van der Waals surface area contributed by atoms with E-state index in [2.05, 4.69) is 31.3 Å². The third-order valence-electron chi connectivity index (χ3n) is 15.7. The molecule has 2 atom stereocenters. The van der Waals surface area contributed by atoms with Crippen LogP contribution in [-0.2, 0) is 14.3 Å². The standard InChI is InChI=1S/C68H131NO5/c1-3-5-7-9-11-13-15-17-33-38-42-46-50-54-58-62-68(73)74-63-59-55-51-47-43-39-35-32-30-28-26-24-22-20-19-21-23-25-27-29-31-34-37-41-45-49-53-57-61-67(72)69-65(64-70)66(71)60-56-52-48-44-40-36-18-16-14-12-10-8-6-4-2/h17,33,56,60,65-66,70-71H,3-16,18-32,34-55,57-59,61-64H2,1-2H3,(H,69,72)/b33-17-,60-56+. The molecule has 3 N–H and O–H groups in total. The molecule has 0 saturated heterocycles. The molecule has 0 rings (SSSR count). The fraction of sp³-hybridized carbons (Fsp3) is 0.912. The quantitative estimate of drug-likeness (QED) is 0.0320. The molecule has 6 nitrogen and oxygen atoms in total. The van der Waals surface area contributed by atoms with Crippen LogP contribution in [0.25, 0.3) is 0 Å². The summed E-state index contributed by atoms with van der Waals surface area (Å²) in [6, 6.07) is -0.624. The molecule has 0 heterocycles. The van der Waals surface area contributed by atoms with Gasteiger partial charge < -0.3 is 20.3 Å². The van der Waals surface area contributed by atoms with Crippen molar-refractivity contribution < 1.29 is 24.5 Å². The van der Waals surface area contributed by atoms with Crippen molar-refractivity contribution >= 4 is 11.9 Å². The molecule has 0 aromatic rings. The number of ether oxygens (including phenoxy) is 1. The molecule has 0 aliphatic rings. The average molecular weight is 1040 g/mol. The maximum absolute atomic E-state index is 12.5. The van der Waals surface area contributed by atoms with Crippen LogP contribution in [0.5, 0.6) is 0 Å². The highest BCUT2D eigenvalue weighted by molar-refractivity contribution is 5.76. The van der Waals surface area contributed by atoms with E-state index in [9.17, 15) is 19.8 Å². The number of aliphatic hydroxyl groups is 2. The van der Waals surface area contributed by atoms with Gasteiger partial charge in [-0.25, -0.2) is 0 Å². The Bertz CT molecular complexity index is 1150. The lowest BCUT2D eigenvalue weighted by molar-refractivity contribution is -0.143. The number of hydrogen-bond acceptors (Lipinski definition) is 5. The van der Waals surface area contributed by atoms with E-state index in [0.29, 0.717) is 19.4 Å². The van der Waals surface area contributed by atoms with Crippen LogP contribution >= 0.6 is 0 Å². The number of hydrogen-bond donors (Lipinski definition) is 3. The largest absolute Gasteiger partial charge is 0.466 e. The number of aliphatic hydroxyl groups excluding tert-OH is 2. The highest BCUT2D eigenvalue weighted by Crippen LogP contribution is 2.18. The first-order chi connectivity index (χ1) is 36.5. The molecule has 438 valence electrons. The van der Waals surface area contributed by atoms with Crippen molar-refractivity contribution in [1.29, 1.82) is 0 Å². The van der Waals surface area contributed by atoms with Crippen molar-refractivity contribution in [3.05, 3.63) is 24.3 Å². The highest BCUT2D eigenvalue weighted by Gasteiger charge is 2.18. The van der Waals surface area contributed by atoms with Gasteiger partial charge in [0.15, 0.2) is 0 Å². The molecule has 0 aromatic carbocycles. The Kier molecular flexibility index (Phi) is 62.4. The molecule has 6 heteroatoms. The minimum absolute atomic E-state index is 0.0109. The Balaban J connectivity index is 3.35. The lowest BCUT2D eigenvalue weighted by atomic mass is 10.0. The number of amides is 1. The van der Waals surface area contributed by atoms with E-state index in [1.165, 1.54) is 302 Å². The minimum atomic E-state index is -0.841. The molecule has 0 spiro atoms. The summed E-state index contributed by atoms with van der Waals surface area (Å²) in [4.78, 5) is 24.5. The van der Waals surface area contributed by atoms with Crippen molar-refractivity contribution in [2.24, 2.45) is 0 Å². The van der Waals surface area contributed by atoms with Crippen molar-refractivity contribution in [3.8, 4) is 0 Å². The number of carbonyl (C=O) groups excluding carboxylic acids is 2. The van der Waals surface area contributed by atoms with E-state index in [1.807, 2.05) is 6.08 Å². The van der Waals surface area contributed by atoms with Gasteiger partial charge in [0.2, 0.25) is 5.91 Å². The molecule has 0 fully saturated rings. The van der Waals surface area contributed by atoms with E-state index in [1.54, 1.807) is 6.08 Å². The van der Waals surface area contributed by atoms with Crippen LogP contribution in [0.4, 0.5) is 0 Å². The molecule has 1 amide bonds. The lowest BCUT2D eigenvalue weighted by Crippen LogP contribution is -2.45. The van der Waals surface area contributed by atoms with Gasteiger partial charge >= 0.3 is 5.97 Å². The van der Waals surface area contributed by atoms with Crippen molar-refractivity contribution in [3.63, 3.8) is 0 Å². The second-order valence-electron chi connectivity index (χ2n) is 23.2. The van der Waals surface area contributed by atoms with Gasteiger partial charge in [-0.2, -0.15) is 0 Å². The third-order valence-corrected chi connectivity index (χ3v) is 15.7. The van der Waals surface area contributed by atoms with Crippen LogP contribution in [0.1, 0.15) is 373 Å². The number of esters is 1. The summed E-state index contributed by atoms with van der Waals surface area (Å²) in [5.41, 5.74) is 0. The van der Waals surface area contributed by atoms with Crippen molar-refractivity contribution in [2.45, 2.75) is 386 Å². The second kappa shape index (κ2) is 63.9.